The lowest BCUT2D eigenvalue weighted by Gasteiger charge is -2.09. The van der Waals surface area contributed by atoms with Crippen molar-refractivity contribution in [2.24, 2.45) is 0 Å². The predicted molar refractivity (Wildman–Crippen MR) is 76.8 cm³/mol. The third-order valence-electron chi connectivity index (χ3n) is 2.75. The van der Waals surface area contributed by atoms with Crippen LogP contribution in [-0.4, -0.2) is 16.1 Å². The number of nitrogens with one attached hydrogen (secondary N) is 1. The van der Waals surface area contributed by atoms with Crippen LogP contribution in [0.3, 0.4) is 0 Å². The first-order chi connectivity index (χ1) is 9.47. The summed E-state index contributed by atoms with van der Waals surface area (Å²) >= 11 is 5.69. The van der Waals surface area contributed by atoms with E-state index in [1.54, 1.807) is 12.1 Å². The molecule has 0 spiro atoms. The van der Waals surface area contributed by atoms with Crippen molar-refractivity contribution < 1.29 is 15.0 Å². The average Bonchev–Trinajstić information content (AvgIpc) is 2.39. The predicted octanol–water partition coefficient (Wildman–Crippen LogP) is 2.26. The Kier molecular flexibility index (Phi) is 4.00. The van der Waals surface area contributed by atoms with E-state index < -0.39 is 5.91 Å². The molecule has 0 unspecified atom stereocenters. The van der Waals surface area contributed by atoms with Gasteiger partial charge in [0.05, 0.1) is 5.56 Å². The molecule has 5 nitrogen and oxygen atoms in total. The van der Waals surface area contributed by atoms with Gasteiger partial charge in [0.2, 0.25) is 0 Å². The largest absolute Gasteiger partial charge is 0.508 e. The van der Waals surface area contributed by atoms with Crippen molar-refractivity contribution in [1.82, 2.24) is 5.32 Å². The van der Waals surface area contributed by atoms with Crippen LogP contribution in [-0.2, 0) is 6.54 Å². The van der Waals surface area contributed by atoms with E-state index in [0.29, 0.717) is 16.3 Å². The number of nitrogen functional groups attached to an aromatic ring is 1. The molecular formula is C14H13ClN2O3. The van der Waals surface area contributed by atoms with E-state index in [2.05, 4.69) is 5.32 Å². The van der Waals surface area contributed by atoms with E-state index in [9.17, 15) is 15.0 Å². The number of carbonyl (C=O) groups is 1. The molecule has 0 aliphatic heterocycles. The van der Waals surface area contributed by atoms with Gasteiger partial charge in [-0.15, -0.1) is 0 Å². The summed E-state index contributed by atoms with van der Waals surface area (Å²) in [5.74, 6) is -0.632. The molecular weight excluding hydrogens is 280 g/mol. The maximum absolute atomic E-state index is 11.9. The normalized spacial score (nSPS) is 10.2. The summed E-state index contributed by atoms with van der Waals surface area (Å²) in [4.78, 5) is 11.9. The molecule has 6 heteroatoms. The lowest BCUT2D eigenvalue weighted by Crippen LogP contribution is -2.23. The Hall–Kier alpha value is -2.40. The van der Waals surface area contributed by atoms with Crippen LogP contribution < -0.4 is 11.1 Å². The fraction of sp³-hybridized carbons (Fsp3) is 0.0714. The van der Waals surface area contributed by atoms with Crippen LogP contribution in [0, 0.1) is 0 Å². The molecule has 2 aromatic carbocycles. The van der Waals surface area contributed by atoms with Crippen LogP contribution in [0.5, 0.6) is 11.5 Å². The molecule has 0 heterocycles. The monoisotopic (exact) mass is 292 g/mol. The van der Waals surface area contributed by atoms with Gasteiger partial charge in [-0.2, -0.15) is 0 Å². The highest BCUT2D eigenvalue weighted by Gasteiger charge is 2.12. The highest BCUT2D eigenvalue weighted by molar-refractivity contribution is 6.30. The lowest BCUT2D eigenvalue weighted by atomic mass is 10.1. The second-order valence-corrected chi connectivity index (χ2v) is 4.67. The van der Waals surface area contributed by atoms with Gasteiger partial charge in [0.15, 0.2) is 0 Å². The molecule has 0 aliphatic rings. The highest BCUT2D eigenvalue weighted by atomic mass is 35.5. The molecule has 20 heavy (non-hydrogen) atoms. The van der Waals surface area contributed by atoms with Gasteiger partial charge in [-0.1, -0.05) is 11.6 Å². The van der Waals surface area contributed by atoms with Crippen LogP contribution in [0.15, 0.2) is 36.4 Å². The molecule has 0 aromatic heterocycles. The van der Waals surface area contributed by atoms with Crippen molar-refractivity contribution in [3.05, 3.63) is 52.5 Å². The number of amides is 1. The number of nitrogens with two attached hydrogens (primary N) is 1. The molecule has 0 saturated heterocycles. The molecule has 0 bridgehead atoms. The number of phenolic OH excluding ortho intramolecular Hbond substituents is 2. The summed E-state index contributed by atoms with van der Waals surface area (Å²) in [6.45, 7) is 0.0950. The maximum atomic E-state index is 11.9. The van der Waals surface area contributed by atoms with E-state index in [1.807, 2.05) is 0 Å². The Morgan fingerprint density at radius 2 is 1.90 bits per heavy atom. The van der Waals surface area contributed by atoms with Crippen molar-refractivity contribution in [2.75, 3.05) is 5.73 Å². The third kappa shape index (κ3) is 3.13. The van der Waals surface area contributed by atoms with Gasteiger partial charge in [-0.05, 0) is 36.4 Å². The van der Waals surface area contributed by atoms with Crippen molar-refractivity contribution in [1.29, 1.82) is 0 Å². The minimum atomic E-state index is -0.471. The molecule has 5 N–H and O–H groups in total. The number of anilines is 1. The number of hydrogen-bond donors (Lipinski definition) is 4. The summed E-state index contributed by atoms with van der Waals surface area (Å²) in [5, 5.41) is 22.2. The maximum Gasteiger partial charge on any atom is 0.255 e. The van der Waals surface area contributed by atoms with E-state index in [1.165, 1.54) is 24.3 Å². The molecule has 0 saturated carbocycles. The zero-order valence-corrected chi connectivity index (χ0v) is 11.2. The second kappa shape index (κ2) is 5.71. The van der Waals surface area contributed by atoms with Crippen molar-refractivity contribution in [3.8, 4) is 11.5 Å². The van der Waals surface area contributed by atoms with Gasteiger partial charge >= 0.3 is 0 Å². The van der Waals surface area contributed by atoms with Crippen LogP contribution in [0.2, 0.25) is 5.02 Å². The van der Waals surface area contributed by atoms with Crippen LogP contribution in [0.4, 0.5) is 5.69 Å². The van der Waals surface area contributed by atoms with Gasteiger partial charge in [-0.3, -0.25) is 4.79 Å². The quantitative estimate of drug-likeness (QED) is 0.515. The Labute approximate surface area is 120 Å². The number of benzene rings is 2. The first kappa shape index (κ1) is 14.0. The van der Waals surface area contributed by atoms with E-state index in [-0.39, 0.29) is 23.6 Å². The minimum absolute atomic E-state index is 0.0415. The van der Waals surface area contributed by atoms with Crippen LogP contribution >= 0.6 is 11.6 Å². The summed E-state index contributed by atoms with van der Waals surface area (Å²) < 4.78 is 0. The molecule has 2 aromatic rings. The molecule has 104 valence electrons. The minimum Gasteiger partial charge on any atom is -0.508 e. The molecule has 0 aliphatic carbocycles. The van der Waals surface area contributed by atoms with Gasteiger partial charge in [0, 0.05) is 22.8 Å². The average molecular weight is 293 g/mol. The zero-order chi connectivity index (χ0) is 14.7. The smallest absolute Gasteiger partial charge is 0.255 e. The number of carbonyl (C=O) groups excluding carboxylic acids is 1. The van der Waals surface area contributed by atoms with Crippen molar-refractivity contribution in [2.45, 2.75) is 6.54 Å². The van der Waals surface area contributed by atoms with Gasteiger partial charge in [0.25, 0.3) is 5.91 Å². The lowest BCUT2D eigenvalue weighted by molar-refractivity contribution is 0.0948. The van der Waals surface area contributed by atoms with E-state index in [4.69, 9.17) is 17.3 Å². The van der Waals surface area contributed by atoms with E-state index in [0.717, 1.165) is 0 Å². The number of hydrogen-bond acceptors (Lipinski definition) is 4. The number of aromatic hydroxyl groups is 2. The summed E-state index contributed by atoms with van der Waals surface area (Å²) in [6.07, 6.45) is 0. The topological polar surface area (TPSA) is 95.6 Å². The first-order valence-corrected chi connectivity index (χ1v) is 6.19. The Morgan fingerprint density at radius 1 is 1.15 bits per heavy atom. The molecule has 1 amide bonds. The highest BCUT2D eigenvalue weighted by Crippen LogP contribution is 2.23. The zero-order valence-electron chi connectivity index (χ0n) is 10.4. The third-order valence-corrected chi connectivity index (χ3v) is 2.98. The van der Waals surface area contributed by atoms with Gasteiger partial charge in [0.1, 0.15) is 11.5 Å². The first-order valence-electron chi connectivity index (χ1n) is 5.81. The van der Waals surface area contributed by atoms with Crippen LogP contribution in [0.25, 0.3) is 0 Å². The second-order valence-electron chi connectivity index (χ2n) is 4.23. The molecule has 0 radical (unpaired) electrons. The summed E-state index contributed by atoms with van der Waals surface area (Å²) in [5.41, 5.74) is 6.70. The standard InChI is InChI=1S/C14H13ClN2O3/c15-9-1-3-11(13(19)6-9)14(20)17-7-8-5-10(16)2-4-12(8)18/h1-6,18-19H,7,16H2,(H,17,20). The number of halogens is 1. The number of phenols is 2. The van der Waals surface area contributed by atoms with Crippen molar-refractivity contribution >= 4 is 23.2 Å². The summed E-state index contributed by atoms with van der Waals surface area (Å²) in [7, 11) is 0. The number of rotatable bonds is 3. The van der Waals surface area contributed by atoms with E-state index >= 15 is 0 Å². The van der Waals surface area contributed by atoms with Gasteiger partial charge in [-0.25, -0.2) is 0 Å². The fourth-order valence-electron chi connectivity index (χ4n) is 1.71. The molecule has 2 rings (SSSR count). The Morgan fingerprint density at radius 3 is 2.60 bits per heavy atom. The van der Waals surface area contributed by atoms with Gasteiger partial charge < -0.3 is 21.3 Å². The Bertz CT molecular complexity index is 659. The SMILES string of the molecule is Nc1ccc(O)c(CNC(=O)c2ccc(Cl)cc2O)c1. The van der Waals surface area contributed by atoms with Crippen molar-refractivity contribution in [3.63, 3.8) is 0 Å². The summed E-state index contributed by atoms with van der Waals surface area (Å²) in [6, 6.07) is 8.80. The fourth-order valence-corrected chi connectivity index (χ4v) is 1.88. The Balaban J connectivity index is 2.10. The molecule has 0 atom stereocenters. The molecule has 0 fully saturated rings. The van der Waals surface area contributed by atoms with Crippen LogP contribution in [0.1, 0.15) is 15.9 Å².